The molecule has 170 valence electrons. The Morgan fingerprint density at radius 2 is 1.56 bits per heavy atom. The summed E-state index contributed by atoms with van der Waals surface area (Å²) in [7, 11) is 0. The highest BCUT2D eigenvalue weighted by molar-refractivity contribution is 6.04. The molecule has 4 aromatic rings. The van der Waals surface area contributed by atoms with E-state index in [0.29, 0.717) is 22.8 Å². The van der Waals surface area contributed by atoms with Crippen molar-refractivity contribution in [2.24, 2.45) is 0 Å². The Kier molecular flexibility index (Phi) is 7.09. The number of amides is 1. The van der Waals surface area contributed by atoms with Crippen molar-refractivity contribution in [3.63, 3.8) is 0 Å². The van der Waals surface area contributed by atoms with Gasteiger partial charge in [-0.25, -0.2) is 14.8 Å². The van der Waals surface area contributed by atoms with E-state index in [1.54, 1.807) is 31.2 Å². The molecule has 8 heteroatoms. The van der Waals surface area contributed by atoms with Crippen LogP contribution in [0.25, 0.3) is 11.3 Å². The molecule has 1 aromatic heterocycles. The first kappa shape index (κ1) is 22.5. The third-order valence-corrected chi connectivity index (χ3v) is 4.73. The number of carbonyl (C=O) groups is 2. The average Bonchev–Trinajstić information content (AvgIpc) is 2.86. The first-order valence-electron chi connectivity index (χ1n) is 10.6. The highest BCUT2D eigenvalue weighted by atomic mass is 16.7. The standard InChI is InChI=1S/C26H22N4O4/c1-2-33-26(32)34-22-14-8-19(9-15-22)25(31)30-21-12-10-20(11-13-21)29-24-16-23(27-17-28-24)18-6-4-3-5-7-18/h3-17H,2H2,1H3,(H,30,31)(H,27,28,29). The van der Waals surface area contributed by atoms with Gasteiger partial charge < -0.3 is 20.1 Å². The smallest absolute Gasteiger partial charge is 0.434 e. The van der Waals surface area contributed by atoms with E-state index in [1.807, 2.05) is 48.5 Å². The Labute approximate surface area is 196 Å². The highest BCUT2D eigenvalue weighted by Gasteiger charge is 2.09. The number of ether oxygens (including phenoxy) is 2. The minimum atomic E-state index is -0.786. The summed E-state index contributed by atoms with van der Waals surface area (Å²) in [6.45, 7) is 1.91. The van der Waals surface area contributed by atoms with Gasteiger partial charge >= 0.3 is 6.16 Å². The molecule has 3 aromatic carbocycles. The van der Waals surface area contributed by atoms with Crippen LogP contribution in [-0.2, 0) is 4.74 Å². The number of nitrogens with zero attached hydrogens (tertiary/aromatic N) is 2. The number of benzene rings is 3. The Bertz CT molecular complexity index is 1260. The number of hydrogen-bond acceptors (Lipinski definition) is 7. The zero-order valence-corrected chi connectivity index (χ0v) is 18.4. The molecule has 0 atom stereocenters. The van der Waals surface area contributed by atoms with Gasteiger partial charge in [0.05, 0.1) is 12.3 Å². The molecule has 4 rings (SSSR count). The summed E-state index contributed by atoms with van der Waals surface area (Å²) < 4.78 is 9.72. The largest absolute Gasteiger partial charge is 0.513 e. The van der Waals surface area contributed by atoms with Crippen molar-refractivity contribution in [3.8, 4) is 17.0 Å². The van der Waals surface area contributed by atoms with E-state index >= 15 is 0 Å². The summed E-state index contributed by atoms with van der Waals surface area (Å²) in [6.07, 6.45) is 0.731. The van der Waals surface area contributed by atoms with Gasteiger partial charge in [-0.1, -0.05) is 30.3 Å². The molecule has 0 aliphatic carbocycles. The molecule has 0 aliphatic rings. The average molecular weight is 454 g/mol. The van der Waals surface area contributed by atoms with Crippen molar-refractivity contribution in [1.82, 2.24) is 9.97 Å². The summed E-state index contributed by atoms with van der Waals surface area (Å²) in [5.41, 5.74) is 3.70. The fourth-order valence-corrected chi connectivity index (χ4v) is 3.10. The molecule has 8 nitrogen and oxygen atoms in total. The van der Waals surface area contributed by atoms with Gasteiger partial charge in [-0.05, 0) is 55.5 Å². The van der Waals surface area contributed by atoms with E-state index in [2.05, 4.69) is 20.6 Å². The molecule has 34 heavy (non-hydrogen) atoms. The first-order chi connectivity index (χ1) is 16.6. The molecular formula is C26H22N4O4. The fourth-order valence-electron chi connectivity index (χ4n) is 3.10. The summed E-state index contributed by atoms with van der Waals surface area (Å²) in [5, 5.41) is 6.08. The zero-order chi connectivity index (χ0) is 23.8. The van der Waals surface area contributed by atoms with Crippen molar-refractivity contribution < 1.29 is 19.1 Å². The second-order valence-corrected chi connectivity index (χ2v) is 7.12. The van der Waals surface area contributed by atoms with Gasteiger partial charge in [0.1, 0.15) is 17.9 Å². The molecular weight excluding hydrogens is 432 g/mol. The van der Waals surface area contributed by atoms with Crippen LogP contribution in [0.5, 0.6) is 5.75 Å². The van der Waals surface area contributed by atoms with E-state index in [1.165, 1.54) is 18.5 Å². The van der Waals surface area contributed by atoms with Crippen molar-refractivity contribution in [2.45, 2.75) is 6.92 Å². The van der Waals surface area contributed by atoms with E-state index < -0.39 is 6.16 Å². The molecule has 2 N–H and O–H groups in total. The normalized spacial score (nSPS) is 10.3. The zero-order valence-electron chi connectivity index (χ0n) is 18.4. The third kappa shape index (κ3) is 5.95. The molecule has 1 amide bonds. The van der Waals surface area contributed by atoms with Crippen molar-refractivity contribution in [1.29, 1.82) is 0 Å². The number of hydrogen-bond donors (Lipinski definition) is 2. The summed E-state index contributed by atoms with van der Waals surface area (Å²) in [6, 6.07) is 25.2. The summed E-state index contributed by atoms with van der Waals surface area (Å²) in [5.74, 6) is 0.674. The monoisotopic (exact) mass is 454 g/mol. The van der Waals surface area contributed by atoms with Gasteiger partial charge in [-0.3, -0.25) is 4.79 Å². The Morgan fingerprint density at radius 1 is 0.853 bits per heavy atom. The van der Waals surface area contributed by atoms with E-state index in [4.69, 9.17) is 9.47 Å². The molecule has 0 fully saturated rings. The van der Waals surface area contributed by atoms with Crippen LogP contribution in [0.15, 0.2) is 91.3 Å². The van der Waals surface area contributed by atoms with Gasteiger partial charge in [0.15, 0.2) is 0 Å². The van der Waals surface area contributed by atoms with Crippen molar-refractivity contribution in [2.75, 3.05) is 17.2 Å². The fraction of sp³-hybridized carbons (Fsp3) is 0.0769. The van der Waals surface area contributed by atoms with Crippen LogP contribution in [-0.4, -0.2) is 28.6 Å². The van der Waals surface area contributed by atoms with Crippen LogP contribution in [0.4, 0.5) is 22.0 Å². The maximum absolute atomic E-state index is 12.5. The van der Waals surface area contributed by atoms with Gasteiger partial charge in [0, 0.05) is 28.6 Å². The third-order valence-electron chi connectivity index (χ3n) is 4.73. The molecule has 0 saturated heterocycles. The minimum Gasteiger partial charge on any atom is -0.434 e. The quantitative estimate of drug-likeness (QED) is 0.274. The number of rotatable bonds is 7. The topological polar surface area (TPSA) is 102 Å². The van der Waals surface area contributed by atoms with E-state index in [0.717, 1.165) is 16.9 Å². The van der Waals surface area contributed by atoms with Gasteiger partial charge in [-0.15, -0.1) is 0 Å². The Balaban J connectivity index is 1.36. The van der Waals surface area contributed by atoms with Crippen molar-refractivity contribution in [3.05, 3.63) is 96.8 Å². The second kappa shape index (κ2) is 10.7. The van der Waals surface area contributed by atoms with Gasteiger partial charge in [0.25, 0.3) is 5.91 Å². The molecule has 0 radical (unpaired) electrons. The lowest BCUT2D eigenvalue weighted by molar-refractivity contribution is 0.102. The molecule has 0 aliphatic heterocycles. The predicted molar refractivity (Wildman–Crippen MR) is 129 cm³/mol. The number of nitrogens with one attached hydrogen (secondary N) is 2. The lowest BCUT2D eigenvalue weighted by Crippen LogP contribution is -2.12. The number of aromatic nitrogens is 2. The first-order valence-corrected chi connectivity index (χ1v) is 10.6. The van der Waals surface area contributed by atoms with Crippen molar-refractivity contribution >= 4 is 29.3 Å². The van der Waals surface area contributed by atoms with Crippen LogP contribution in [0.1, 0.15) is 17.3 Å². The number of anilines is 3. The predicted octanol–water partition coefficient (Wildman–Crippen LogP) is 5.67. The molecule has 0 spiro atoms. The highest BCUT2D eigenvalue weighted by Crippen LogP contribution is 2.22. The minimum absolute atomic E-state index is 0.224. The van der Waals surface area contributed by atoms with Gasteiger partial charge in [0.2, 0.25) is 0 Å². The summed E-state index contributed by atoms with van der Waals surface area (Å²) >= 11 is 0. The Hall–Kier alpha value is -4.72. The maximum atomic E-state index is 12.5. The SMILES string of the molecule is CCOC(=O)Oc1ccc(C(=O)Nc2ccc(Nc3cc(-c4ccccc4)ncn3)cc2)cc1. The second-order valence-electron chi connectivity index (χ2n) is 7.12. The van der Waals surface area contributed by atoms with E-state index in [-0.39, 0.29) is 12.5 Å². The lowest BCUT2D eigenvalue weighted by Gasteiger charge is -2.09. The van der Waals surface area contributed by atoms with Gasteiger partial charge in [-0.2, -0.15) is 0 Å². The van der Waals surface area contributed by atoms with Crippen LogP contribution in [0, 0.1) is 0 Å². The van der Waals surface area contributed by atoms with Crippen LogP contribution in [0.2, 0.25) is 0 Å². The molecule has 0 saturated carbocycles. The lowest BCUT2D eigenvalue weighted by atomic mass is 10.1. The molecule has 0 unspecified atom stereocenters. The Morgan fingerprint density at radius 3 is 2.26 bits per heavy atom. The maximum Gasteiger partial charge on any atom is 0.513 e. The van der Waals surface area contributed by atoms with Crippen LogP contribution < -0.4 is 15.4 Å². The van der Waals surface area contributed by atoms with Crippen LogP contribution in [0.3, 0.4) is 0 Å². The number of carbonyl (C=O) groups excluding carboxylic acids is 2. The van der Waals surface area contributed by atoms with E-state index in [9.17, 15) is 9.59 Å². The molecule has 1 heterocycles. The molecule has 0 bridgehead atoms. The summed E-state index contributed by atoms with van der Waals surface area (Å²) in [4.78, 5) is 32.5. The van der Waals surface area contributed by atoms with Crippen LogP contribution >= 0.6 is 0 Å².